The van der Waals surface area contributed by atoms with Crippen LogP contribution in [0.3, 0.4) is 0 Å². The maximum Gasteiger partial charge on any atom is 0.184 e. The molecule has 0 bridgehead atoms. The van der Waals surface area contributed by atoms with E-state index in [0.717, 1.165) is 55.1 Å². The average Bonchev–Trinajstić information content (AvgIpc) is 3.16. The van der Waals surface area contributed by atoms with Crippen LogP contribution in [0.5, 0.6) is 11.5 Å². The molecule has 0 unspecified atom stereocenters. The summed E-state index contributed by atoms with van der Waals surface area (Å²) in [5.41, 5.74) is 3.45. The molecule has 27 heavy (non-hydrogen) atoms. The van der Waals surface area contributed by atoms with Gasteiger partial charge in [0.25, 0.3) is 0 Å². The van der Waals surface area contributed by atoms with Crippen molar-refractivity contribution in [3.05, 3.63) is 48.2 Å². The maximum atomic E-state index is 5.87. The van der Waals surface area contributed by atoms with Crippen molar-refractivity contribution >= 4 is 16.6 Å². The van der Waals surface area contributed by atoms with Crippen LogP contribution in [0, 0.1) is 0 Å². The Morgan fingerprint density at radius 2 is 1.93 bits per heavy atom. The Morgan fingerprint density at radius 3 is 2.70 bits per heavy atom. The molecular formula is C22H27N3O2. The molecule has 1 aliphatic rings. The quantitative estimate of drug-likeness (QED) is 0.685. The summed E-state index contributed by atoms with van der Waals surface area (Å²) >= 11 is 0. The monoisotopic (exact) mass is 365 g/mol. The number of aromatic amines is 1. The molecule has 0 aliphatic carbocycles. The van der Waals surface area contributed by atoms with Crippen LogP contribution >= 0.6 is 0 Å². The lowest BCUT2D eigenvalue weighted by molar-refractivity contribution is 0.294. The van der Waals surface area contributed by atoms with Crippen LogP contribution in [-0.2, 0) is 0 Å². The number of nitrogens with one attached hydrogen (secondary N) is 1. The first-order valence-electron chi connectivity index (χ1n) is 9.79. The first-order valence-corrected chi connectivity index (χ1v) is 9.79. The van der Waals surface area contributed by atoms with E-state index in [1.165, 1.54) is 11.1 Å². The molecule has 3 aromatic rings. The van der Waals surface area contributed by atoms with Gasteiger partial charge in [0, 0.05) is 30.1 Å². The molecule has 2 heterocycles. The number of para-hydroxylation sites is 2. The number of rotatable bonds is 6. The predicted octanol–water partition coefficient (Wildman–Crippen LogP) is 4.74. The first-order chi connectivity index (χ1) is 13.3. The third-order valence-electron chi connectivity index (χ3n) is 5.36. The van der Waals surface area contributed by atoms with Gasteiger partial charge in [-0.3, -0.25) is 5.10 Å². The minimum Gasteiger partial charge on any atom is -0.491 e. The number of piperidine rings is 1. The lowest BCUT2D eigenvalue weighted by Crippen LogP contribution is -2.33. The first kappa shape index (κ1) is 17.7. The van der Waals surface area contributed by atoms with Crippen molar-refractivity contribution in [2.45, 2.75) is 32.1 Å². The molecule has 1 fully saturated rings. The van der Waals surface area contributed by atoms with Crippen molar-refractivity contribution in [3.8, 4) is 11.5 Å². The van der Waals surface area contributed by atoms with Gasteiger partial charge in [-0.05, 0) is 37.5 Å². The Morgan fingerprint density at radius 1 is 1.11 bits per heavy atom. The van der Waals surface area contributed by atoms with Crippen LogP contribution in [0.15, 0.2) is 42.5 Å². The Labute approximate surface area is 160 Å². The number of methoxy groups -OCH3 is 1. The summed E-state index contributed by atoms with van der Waals surface area (Å²) in [4.78, 5) is 2.41. The third kappa shape index (κ3) is 3.46. The number of H-pyrrole nitrogens is 1. The zero-order valence-electron chi connectivity index (χ0n) is 16.1. The van der Waals surface area contributed by atoms with E-state index in [4.69, 9.17) is 9.47 Å². The number of hydrogen-bond donors (Lipinski definition) is 1. The van der Waals surface area contributed by atoms with Gasteiger partial charge in [-0.1, -0.05) is 31.2 Å². The summed E-state index contributed by atoms with van der Waals surface area (Å²) in [7, 11) is 1.72. The summed E-state index contributed by atoms with van der Waals surface area (Å²) in [6, 6.07) is 14.5. The molecule has 1 N–H and O–H groups in total. The molecule has 0 atom stereocenters. The molecule has 2 aromatic carbocycles. The summed E-state index contributed by atoms with van der Waals surface area (Å²) < 4.78 is 11.6. The lowest BCUT2D eigenvalue weighted by Gasteiger charge is -2.34. The Kier molecular flexibility index (Phi) is 5.19. The minimum absolute atomic E-state index is 0.513. The predicted molar refractivity (Wildman–Crippen MR) is 109 cm³/mol. The summed E-state index contributed by atoms with van der Waals surface area (Å²) in [6.07, 6.45) is 3.17. The fourth-order valence-corrected chi connectivity index (χ4v) is 3.98. The van der Waals surface area contributed by atoms with Crippen LogP contribution in [0.4, 0.5) is 5.69 Å². The lowest BCUT2D eigenvalue weighted by atomic mass is 9.91. The number of hydrogen-bond acceptors (Lipinski definition) is 4. The van der Waals surface area contributed by atoms with Crippen LogP contribution in [0.1, 0.15) is 37.8 Å². The van der Waals surface area contributed by atoms with Crippen molar-refractivity contribution in [3.63, 3.8) is 0 Å². The van der Waals surface area contributed by atoms with Crippen LogP contribution in [0.2, 0.25) is 0 Å². The van der Waals surface area contributed by atoms with Crippen LogP contribution in [0.25, 0.3) is 10.9 Å². The normalized spacial score (nSPS) is 15.3. The maximum absolute atomic E-state index is 5.87. The molecule has 0 radical (unpaired) electrons. The van der Waals surface area contributed by atoms with Crippen molar-refractivity contribution in [1.29, 1.82) is 0 Å². The minimum atomic E-state index is 0.513. The molecular weight excluding hydrogens is 338 g/mol. The zero-order chi connectivity index (χ0) is 18.6. The molecule has 0 saturated carbocycles. The van der Waals surface area contributed by atoms with E-state index in [0.29, 0.717) is 12.5 Å². The highest BCUT2D eigenvalue weighted by Crippen LogP contribution is 2.40. The summed E-state index contributed by atoms with van der Waals surface area (Å²) in [6.45, 7) is 4.80. The molecule has 142 valence electrons. The molecule has 0 amide bonds. The van der Waals surface area contributed by atoms with Crippen LogP contribution < -0.4 is 14.4 Å². The van der Waals surface area contributed by atoms with E-state index in [1.54, 1.807) is 7.11 Å². The van der Waals surface area contributed by atoms with E-state index in [1.807, 2.05) is 12.1 Å². The number of aromatic nitrogens is 2. The summed E-state index contributed by atoms with van der Waals surface area (Å²) in [5, 5.41) is 9.00. The van der Waals surface area contributed by atoms with Gasteiger partial charge in [-0.2, -0.15) is 5.10 Å². The van der Waals surface area contributed by atoms with E-state index in [9.17, 15) is 0 Å². The zero-order valence-corrected chi connectivity index (χ0v) is 16.1. The van der Waals surface area contributed by atoms with Gasteiger partial charge < -0.3 is 14.4 Å². The summed E-state index contributed by atoms with van der Waals surface area (Å²) in [5.74, 6) is 2.19. The van der Waals surface area contributed by atoms with Crippen LogP contribution in [-0.4, -0.2) is 37.0 Å². The van der Waals surface area contributed by atoms with E-state index in [2.05, 4.69) is 52.4 Å². The molecule has 0 spiro atoms. The van der Waals surface area contributed by atoms with Gasteiger partial charge in [0.15, 0.2) is 11.5 Å². The largest absolute Gasteiger partial charge is 0.491 e. The van der Waals surface area contributed by atoms with Crippen molar-refractivity contribution in [2.75, 3.05) is 31.7 Å². The van der Waals surface area contributed by atoms with Crippen molar-refractivity contribution in [1.82, 2.24) is 10.2 Å². The second-order valence-electron chi connectivity index (χ2n) is 7.07. The van der Waals surface area contributed by atoms with E-state index in [-0.39, 0.29) is 0 Å². The Bertz CT molecular complexity index is 897. The smallest absolute Gasteiger partial charge is 0.184 e. The molecule has 1 aromatic heterocycles. The van der Waals surface area contributed by atoms with Gasteiger partial charge in [-0.15, -0.1) is 0 Å². The highest BCUT2D eigenvalue weighted by molar-refractivity contribution is 5.81. The molecule has 4 rings (SSSR count). The van der Waals surface area contributed by atoms with Gasteiger partial charge >= 0.3 is 0 Å². The topological polar surface area (TPSA) is 50.4 Å². The van der Waals surface area contributed by atoms with Gasteiger partial charge in [-0.25, -0.2) is 0 Å². The third-order valence-corrected chi connectivity index (χ3v) is 5.36. The molecule has 1 saturated heterocycles. The standard InChI is InChI=1S/C22H27N3O2/c1-3-15-27-20-10-6-9-19(22(20)26-2)25-13-11-16(12-14-25)21-17-7-4-5-8-18(17)23-24-21/h4-10,16H,3,11-15H2,1-2H3,(H,23,24). The fraction of sp³-hybridized carbons (Fsp3) is 0.409. The Hall–Kier alpha value is -2.69. The number of anilines is 1. The Balaban J connectivity index is 1.51. The highest BCUT2D eigenvalue weighted by atomic mass is 16.5. The number of nitrogens with zero attached hydrogens (tertiary/aromatic N) is 2. The van der Waals surface area contributed by atoms with Gasteiger partial charge in [0.1, 0.15) is 0 Å². The van der Waals surface area contributed by atoms with E-state index < -0.39 is 0 Å². The SMILES string of the molecule is CCCOc1cccc(N2CCC(c3[nH]nc4ccccc34)CC2)c1OC. The second kappa shape index (κ2) is 7.91. The van der Waals surface area contributed by atoms with Gasteiger partial charge in [0.05, 0.1) is 24.9 Å². The molecule has 1 aliphatic heterocycles. The molecule has 5 heteroatoms. The van der Waals surface area contributed by atoms with Gasteiger partial charge in [0.2, 0.25) is 0 Å². The van der Waals surface area contributed by atoms with Crippen molar-refractivity contribution < 1.29 is 9.47 Å². The number of fused-ring (bicyclic) bond motifs is 1. The second-order valence-corrected chi connectivity index (χ2v) is 7.07. The number of ether oxygens (including phenoxy) is 2. The van der Waals surface area contributed by atoms with Crippen molar-refractivity contribution in [2.24, 2.45) is 0 Å². The molecule has 5 nitrogen and oxygen atoms in total. The van der Waals surface area contributed by atoms with E-state index >= 15 is 0 Å². The fourth-order valence-electron chi connectivity index (χ4n) is 3.98. The number of benzene rings is 2. The average molecular weight is 365 g/mol. The highest BCUT2D eigenvalue weighted by Gasteiger charge is 2.26.